The lowest BCUT2D eigenvalue weighted by Gasteiger charge is -2.14. The maximum atomic E-state index is 5.68. The molecule has 0 saturated carbocycles. The van der Waals surface area contributed by atoms with Gasteiger partial charge in [0.05, 0.1) is 17.3 Å². The van der Waals surface area contributed by atoms with Crippen LogP contribution in [0.5, 0.6) is 0 Å². The molecule has 0 spiro atoms. The largest absolute Gasteiger partial charge is 0.275 e. The van der Waals surface area contributed by atoms with Gasteiger partial charge in [0, 0.05) is 24.8 Å². The summed E-state index contributed by atoms with van der Waals surface area (Å²) in [6, 6.07) is 11.9. The third-order valence-corrected chi connectivity index (χ3v) is 3.16. The van der Waals surface area contributed by atoms with E-state index in [0.717, 1.165) is 22.2 Å². The molecule has 2 aromatic heterocycles. The van der Waals surface area contributed by atoms with E-state index < -0.39 is 0 Å². The van der Waals surface area contributed by atoms with Gasteiger partial charge >= 0.3 is 0 Å². The van der Waals surface area contributed by atoms with Crippen molar-refractivity contribution >= 4 is 10.9 Å². The number of nitrogens with zero attached hydrogens (tertiary/aromatic N) is 3. The summed E-state index contributed by atoms with van der Waals surface area (Å²) in [4.78, 5) is 4.31. The molecular formula is C14H15N5. The van der Waals surface area contributed by atoms with Crippen LogP contribution in [0, 0.1) is 0 Å². The molecule has 2 heterocycles. The smallest absolute Gasteiger partial charge is 0.0900 e. The minimum atomic E-state index is -0.120. The van der Waals surface area contributed by atoms with Gasteiger partial charge in [-0.25, -0.2) is 5.43 Å². The first-order valence-corrected chi connectivity index (χ1v) is 6.08. The quantitative estimate of drug-likeness (QED) is 0.548. The summed E-state index contributed by atoms with van der Waals surface area (Å²) < 4.78 is 1.77. The van der Waals surface area contributed by atoms with Crippen molar-refractivity contribution in [2.24, 2.45) is 12.9 Å². The van der Waals surface area contributed by atoms with Crippen LogP contribution in [0.4, 0.5) is 0 Å². The Morgan fingerprint density at radius 2 is 2.16 bits per heavy atom. The Morgan fingerprint density at radius 1 is 1.26 bits per heavy atom. The molecule has 3 aromatic rings. The van der Waals surface area contributed by atoms with Gasteiger partial charge in [0.2, 0.25) is 0 Å². The molecular weight excluding hydrogens is 238 g/mol. The molecule has 0 saturated heterocycles. The van der Waals surface area contributed by atoms with E-state index in [9.17, 15) is 0 Å². The second-order valence-electron chi connectivity index (χ2n) is 4.47. The first kappa shape index (κ1) is 11.8. The Kier molecular flexibility index (Phi) is 2.98. The monoisotopic (exact) mass is 253 g/mol. The van der Waals surface area contributed by atoms with E-state index in [1.807, 2.05) is 43.6 Å². The molecule has 96 valence electrons. The van der Waals surface area contributed by atoms with Gasteiger partial charge in [-0.1, -0.05) is 12.1 Å². The number of hydrogen-bond acceptors (Lipinski definition) is 4. The first-order valence-electron chi connectivity index (χ1n) is 6.08. The molecule has 3 N–H and O–H groups in total. The average Bonchev–Trinajstić information content (AvgIpc) is 2.86. The average molecular weight is 253 g/mol. The molecule has 3 rings (SSSR count). The van der Waals surface area contributed by atoms with Crippen molar-refractivity contribution in [2.75, 3.05) is 0 Å². The molecule has 1 aromatic carbocycles. The van der Waals surface area contributed by atoms with Crippen LogP contribution in [-0.2, 0) is 7.05 Å². The molecule has 19 heavy (non-hydrogen) atoms. The third kappa shape index (κ3) is 2.21. The van der Waals surface area contributed by atoms with Crippen LogP contribution < -0.4 is 11.3 Å². The molecule has 0 radical (unpaired) electrons. The zero-order chi connectivity index (χ0) is 13.2. The Balaban J connectivity index is 2.06. The maximum Gasteiger partial charge on any atom is 0.0900 e. The van der Waals surface area contributed by atoms with Gasteiger partial charge in [0.1, 0.15) is 0 Å². The van der Waals surface area contributed by atoms with E-state index in [1.54, 1.807) is 10.9 Å². The second-order valence-corrected chi connectivity index (χ2v) is 4.47. The zero-order valence-electron chi connectivity index (χ0n) is 10.6. The SMILES string of the molecule is Cn1ccc(C(NN)c2ccc3ncccc3c2)n1. The summed E-state index contributed by atoms with van der Waals surface area (Å²) in [6.45, 7) is 0. The van der Waals surface area contributed by atoms with E-state index in [4.69, 9.17) is 5.84 Å². The predicted octanol–water partition coefficient (Wildman–Crippen LogP) is 1.52. The van der Waals surface area contributed by atoms with Crippen LogP contribution in [0.2, 0.25) is 0 Å². The van der Waals surface area contributed by atoms with Gasteiger partial charge in [-0.3, -0.25) is 15.5 Å². The summed E-state index contributed by atoms with van der Waals surface area (Å²) in [5.41, 5.74) is 5.76. The highest BCUT2D eigenvalue weighted by molar-refractivity contribution is 5.79. The fraction of sp³-hybridized carbons (Fsp3) is 0.143. The molecule has 0 aliphatic carbocycles. The number of aromatic nitrogens is 3. The molecule has 0 fully saturated rings. The van der Waals surface area contributed by atoms with Gasteiger partial charge < -0.3 is 0 Å². The number of hydrazine groups is 1. The van der Waals surface area contributed by atoms with Crippen molar-refractivity contribution in [3.63, 3.8) is 0 Å². The van der Waals surface area contributed by atoms with Crippen molar-refractivity contribution in [1.29, 1.82) is 0 Å². The third-order valence-electron chi connectivity index (χ3n) is 3.16. The number of pyridine rings is 1. The number of nitrogens with two attached hydrogens (primary N) is 1. The van der Waals surface area contributed by atoms with Crippen molar-refractivity contribution < 1.29 is 0 Å². The van der Waals surface area contributed by atoms with Gasteiger partial charge in [-0.2, -0.15) is 5.10 Å². The van der Waals surface area contributed by atoms with Crippen molar-refractivity contribution in [2.45, 2.75) is 6.04 Å². The van der Waals surface area contributed by atoms with Crippen LogP contribution in [0.1, 0.15) is 17.3 Å². The van der Waals surface area contributed by atoms with Gasteiger partial charge in [-0.15, -0.1) is 0 Å². The number of benzene rings is 1. The Bertz CT molecular complexity index is 704. The lowest BCUT2D eigenvalue weighted by molar-refractivity contribution is 0.604. The molecule has 0 amide bonds. The lowest BCUT2D eigenvalue weighted by atomic mass is 10.0. The van der Waals surface area contributed by atoms with Gasteiger partial charge in [0.15, 0.2) is 0 Å². The van der Waals surface area contributed by atoms with Crippen LogP contribution in [0.3, 0.4) is 0 Å². The predicted molar refractivity (Wildman–Crippen MR) is 74.1 cm³/mol. The standard InChI is InChI=1S/C14H15N5/c1-19-8-6-13(18-19)14(17-15)11-4-5-12-10(9-11)3-2-7-16-12/h2-9,14,17H,15H2,1H3. The van der Waals surface area contributed by atoms with Crippen LogP contribution in [0.15, 0.2) is 48.8 Å². The molecule has 5 nitrogen and oxygen atoms in total. The van der Waals surface area contributed by atoms with Crippen LogP contribution >= 0.6 is 0 Å². The number of rotatable bonds is 3. The normalized spacial score (nSPS) is 12.7. The summed E-state index contributed by atoms with van der Waals surface area (Å²) >= 11 is 0. The maximum absolute atomic E-state index is 5.68. The van der Waals surface area contributed by atoms with E-state index >= 15 is 0 Å². The van der Waals surface area contributed by atoms with Gasteiger partial charge in [-0.05, 0) is 29.8 Å². The number of hydrogen-bond donors (Lipinski definition) is 2. The number of aryl methyl sites for hydroxylation is 1. The second kappa shape index (κ2) is 4.79. The van der Waals surface area contributed by atoms with Crippen LogP contribution in [0.25, 0.3) is 10.9 Å². The van der Waals surface area contributed by atoms with Crippen molar-refractivity contribution in [1.82, 2.24) is 20.2 Å². The molecule has 0 aliphatic rings. The van der Waals surface area contributed by atoms with Crippen molar-refractivity contribution in [3.8, 4) is 0 Å². The molecule has 1 unspecified atom stereocenters. The molecule has 0 aliphatic heterocycles. The minimum Gasteiger partial charge on any atom is -0.275 e. The highest BCUT2D eigenvalue weighted by Gasteiger charge is 2.15. The van der Waals surface area contributed by atoms with E-state index in [0.29, 0.717) is 0 Å². The first-order chi connectivity index (χ1) is 9.28. The molecule has 1 atom stereocenters. The Hall–Kier alpha value is -2.24. The zero-order valence-corrected chi connectivity index (χ0v) is 10.6. The number of nitrogens with one attached hydrogen (secondary N) is 1. The van der Waals surface area contributed by atoms with Gasteiger partial charge in [0.25, 0.3) is 0 Å². The topological polar surface area (TPSA) is 68.8 Å². The minimum absolute atomic E-state index is 0.120. The summed E-state index contributed by atoms with van der Waals surface area (Å²) in [7, 11) is 1.89. The highest BCUT2D eigenvalue weighted by Crippen LogP contribution is 2.23. The van der Waals surface area contributed by atoms with E-state index in [1.165, 1.54) is 0 Å². The lowest BCUT2D eigenvalue weighted by Crippen LogP contribution is -2.29. The fourth-order valence-electron chi connectivity index (χ4n) is 2.21. The molecule has 0 bridgehead atoms. The fourth-order valence-corrected chi connectivity index (χ4v) is 2.21. The van der Waals surface area contributed by atoms with Crippen molar-refractivity contribution in [3.05, 3.63) is 60.0 Å². The molecule has 5 heteroatoms. The summed E-state index contributed by atoms with van der Waals surface area (Å²) in [6.07, 6.45) is 3.70. The Morgan fingerprint density at radius 3 is 2.89 bits per heavy atom. The number of fused-ring (bicyclic) bond motifs is 1. The van der Waals surface area contributed by atoms with Crippen LogP contribution in [-0.4, -0.2) is 14.8 Å². The van der Waals surface area contributed by atoms with E-state index in [2.05, 4.69) is 21.6 Å². The van der Waals surface area contributed by atoms with E-state index in [-0.39, 0.29) is 6.04 Å². The highest BCUT2D eigenvalue weighted by atomic mass is 15.3. The summed E-state index contributed by atoms with van der Waals surface area (Å²) in [5.74, 6) is 5.68. The summed E-state index contributed by atoms with van der Waals surface area (Å²) in [5, 5.41) is 5.49. The Labute approximate surface area is 111 Å².